The van der Waals surface area contributed by atoms with E-state index in [1.807, 2.05) is 5.43 Å². The van der Waals surface area contributed by atoms with Gasteiger partial charge in [-0.05, 0) is 18.2 Å². The first kappa shape index (κ1) is 14.9. The number of alkyl halides is 3. The second kappa shape index (κ2) is 5.44. The molecule has 0 saturated carbocycles. The van der Waals surface area contributed by atoms with Crippen molar-refractivity contribution >= 4 is 17.4 Å². The molecule has 9 heteroatoms. The molecular formula is C12H12F3N5O. The number of aryl methyl sites for hydroxylation is 1. The fourth-order valence-corrected chi connectivity index (χ4v) is 1.72. The standard InChI is InChI=1S/C12H12F3N5O/c1-20-5-4-10(19-20)17-11(21)7-2-3-9(18-16)8(6-7)12(13,14)15/h2-6,18H,16H2,1H3,(H,17,19,21). The van der Waals surface area contributed by atoms with E-state index < -0.39 is 17.6 Å². The van der Waals surface area contributed by atoms with E-state index >= 15 is 0 Å². The predicted molar refractivity (Wildman–Crippen MR) is 70.4 cm³/mol. The van der Waals surface area contributed by atoms with Gasteiger partial charge in [0.2, 0.25) is 0 Å². The highest BCUT2D eigenvalue weighted by molar-refractivity contribution is 6.04. The zero-order valence-corrected chi connectivity index (χ0v) is 10.9. The number of nitrogens with two attached hydrogens (primary N) is 1. The van der Waals surface area contributed by atoms with E-state index in [4.69, 9.17) is 5.84 Å². The minimum absolute atomic E-state index is 0.146. The topological polar surface area (TPSA) is 85.0 Å². The van der Waals surface area contributed by atoms with Crippen LogP contribution in [0.2, 0.25) is 0 Å². The van der Waals surface area contributed by atoms with Crippen LogP contribution in [0.5, 0.6) is 0 Å². The van der Waals surface area contributed by atoms with Gasteiger partial charge >= 0.3 is 6.18 Å². The Hall–Kier alpha value is -2.55. The second-order valence-corrected chi connectivity index (χ2v) is 4.23. The first-order valence-electron chi connectivity index (χ1n) is 5.80. The van der Waals surface area contributed by atoms with Gasteiger partial charge in [-0.2, -0.15) is 18.3 Å². The molecule has 1 aromatic carbocycles. The van der Waals surface area contributed by atoms with Gasteiger partial charge in [-0.1, -0.05) is 0 Å². The van der Waals surface area contributed by atoms with Gasteiger partial charge in [0.05, 0.1) is 11.3 Å². The van der Waals surface area contributed by atoms with Crippen LogP contribution in [0.4, 0.5) is 24.7 Å². The third-order valence-corrected chi connectivity index (χ3v) is 2.70. The van der Waals surface area contributed by atoms with Gasteiger partial charge in [0.1, 0.15) is 0 Å². The highest BCUT2D eigenvalue weighted by Crippen LogP contribution is 2.35. The molecular weight excluding hydrogens is 287 g/mol. The summed E-state index contributed by atoms with van der Waals surface area (Å²) < 4.78 is 40.1. The van der Waals surface area contributed by atoms with Crippen LogP contribution in [0, 0.1) is 0 Å². The number of amides is 1. The SMILES string of the molecule is Cn1ccc(NC(=O)c2ccc(NN)c(C(F)(F)F)c2)n1. The lowest BCUT2D eigenvalue weighted by molar-refractivity contribution is -0.137. The average molecular weight is 299 g/mol. The normalized spacial score (nSPS) is 11.3. The molecule has 112 valence electrons. The summed E-state index contributed by atoms with van der Waals surface area (Å²) in [5.41, 5.74) is 0.484. The molecule has 4 N–H and O–H groups in total. The van der Waals surface area contributed by atoms with Crippen molar-refractivity contribution in [3.05, 3.63) is 41.6 Å². The lowest BCUT2D eigenvalue weighted by atomic mass is 10.1. The molecule has 1 amide bonds. The molecule has 0 atom stereocenters. The Morgan fingerprint density at radius 3 is 2.57 bits per heavy atom. The molecule has 6 nitrogen and oxygen atoms in total. The molecule has 0 bridgehead atoms. The van der Waals surface area contributed by atoms with Crippen LogP contribution in [0.3, 0.4) is 0 Å². The first-order valence-corrected chi connectivity index (χ1v) is 5.80. The molecule has 21 heavy (non-hydrogen) atoms. The quantitative estimate of drug-likeness (QED) is 0.597. The maximum absolute atomic E-state index is 12.9. The maximum atomic E-state index is 12.9. The Balaban J connectivity index is 2.29. The van der Waals surface area contributed by atoms with Crippen molar-refractivity contribution in [1.82, 2.24) is 9.78 Å². The fraction of sp³-hybridized carbons (Fsp3) is 0.167. The monoisotopic (exact) mass is 299 g/mol. The molecule has 1 aromatic heterocycles. The smallest absolute Gasteiger partial charge is 0.324 e. The van der Waals surface area contributed by atoms with Crippen LogP contribution in [0.1, 0.15) is 15.9 Å². The van der Waals surface area contributed by atoms with Crippen molar-refractivity contribution in [2.75, 3.05) is 10.7 Å². The van der Waals surface area contributed by atoms with Crippen molar-refractivity contribution in [2.45, 2.75) is 6.18 Å². The molecule has 1 heterocycles. The number of halogens is 3. The number of carbonyl (C=O) groups excluding carboxylic acids is 1. The summed E-state index contributed by atoms with van der Waals surface area (Å²) in [4.78, 5) is 11.9. The number of nitrogen functional groups attached to an aromatic ring is 1. The van der Waals surface area contributed by atoms with Crippen LogP contribution >= 0.6 is 0 Å². The Bertz CT molecular complexity index is 665. The lowest BCUT2D eigenvalue weighted by Gasteiger charge is -2.13. The molecule has 0 spiro atoms. The molecule has 2 aromatic rings. The van der Waals surface area contributed by atoms with Crippen molar-refractivity contribution in [3.8, 4) is 0 Å². The molecule has 0 aliphatic rings. The van der Waals surface area contributed by atoms with E-state index in [1.54, 1.807) is 13.2 Å². The van der Waals surface area contributed by atoms with Crippen LogP contribution in [-0.4, -0.2) is 15.7 Å². The first-order chi connectivity index (χ1) is 9.81. The number of nitrogens with zero attached hydrogens (tertiary/aromatic N) is 2. The van der Waals surface area contributed by atoms with Gasteiger partial charge in [0.25, 0.3) is 5.91 Å². The van der Waals surface area contributed by atoms with E-state index in [0.29, 0.717) is 0 Å². The molecule has 0 aliphatic heterocycles. The van der Waals surface area contributed by atoms with E-state index in [0.717, 1.165) is 12.1 Å². The molecule has 0 aliphatic carbocycles. The van der Waals surface area contributed by atoms with Crippen molar-refractivity contribution in [1.29, 1.82) is 0 Å². The number of nitrogens with one attached hydrogen (secondary N) is 2. The number of hydrogen-bond donors (Lipinski definition) is 3. The van der Waals surface area contributed by atoms with Crippen LogP contribution in [-0.2, 0) is 13.2 Å². The Morgan fingerprint density at radius 1 is 1.33 bits per heavy atom. The molecule has 0 radical (unpaired) electrons. The van der Waals surface area contributed by atoms with E-state index in [-0.39, 0.29) is 17.1 Å². The minimum Gasteiger partial charge on any atom is -0.324 e. The number of hydrazine groups is 1. The maximum Gasteiger partial charge on any atom is 0.418 e. The number of rotatable bonds is 3. The van der Waals surface area contributed by atoms with E-state index in [9.17, 15) is 18.0 Å². The van der Waals surface area contributed by atoms with Crippen molar-refractivity contribution in [2.24, 2.45) is 12.9 Å². The predicted octanol–water partition coefficient (Wildman–Crippen LogP) is 1.98. The molecule has 0 saturated heterocycles. The van der Waals surface area contributed by atoms with Gasteiger partial charge in [0.15, 0.2) is 5.82 Å². The summed E-state index contributed by atoms with van der Waals surface area (Å²) in [7, 11) is 1.65. The highest BCUT2D eigenvalue weighted by atomic mass is 19.4. The van der Waals surface area contributed by atoms with Gasteiger partial charge in [-0.15, -0.1) is 0 Å². The molecule has 0 unspecified atom stereocenters. The average Bonchev–Trinajstić information content (AvgIpc) is 2.82. The van der Waals surface area contributed by atoms with Gasteiger partial charge in [-0.3, -0.25) is 15.3 Å². The van der Waals surface area contributed by atoms with Crippen molar-refractivity contribution in [3.63, 3.8) is 0 Å². The largest absolute Gasteiger partial charge is 0.418 e. The Labute approximate surface area is 117 Å². The zero-order valence-electron chi connectivity index (χ0n) is 10.9. The molecule has 2 rings (SSSR count). The number of anilines is 2. The fourth-order valence-electron chi connectivity index (χ4n) is 1.72. The second-order valence-electron chi connectivity index (χ2n) is 4.23. The third kappa shape index (κ3) is 3.31. The van der Waals surface area contributed by atoms with Gasteiger partial charge in [0, 0.05) is 24.9 Å². The molecule has 0 fully saturated rings. The number of hydrogen-bond acceptors (Lipinski definition) is 4. The number of aromatic nitrogens is 2. The van der Waals surface area contributed by atoms with Crippen LogP contribution in [0.25, 0.3) is 0 Å². The van der Waals surface area contributed by atoms with Crippen LogP contribution < -0.4 is 16.6 Å². The van der Waals surface area contributed by atoms with Gasteiger partial charge in [-0.25, -0.2) is 0 Å². The minimum atomic E-state index is -4.62. The van der Waals surface area contributed by atoms with Crippen molar-refractivity contribution < 1.29 is 18.0 Å². The summed E-state index contributed by atoms with van der Waals surface area (Å²) >= 11 is 0. The lowest BCUT2D eigenvalue weighted by Crippen LogP contribution is -2.18. The summed E-state index contributed by atoms with van der Waals surface area (Å²) in [6, 6.07) is 4.59. The third-order valence-electron chi connectivity index (χ3n) is 2.70. The number of benzene rings is 1. The highest BCUT2D eigenvalue weighted by Gasteiger charge is 2.34. The Kier molecular flexibility index (Phi) is 3.85. The zero-order chi connectivity index (χ0) is 15.6. The summed E-state index contributed by atoms with van der Waals surface area (Å²) in [5, 5.41) is 6.32. The summed E-state index contributed by atoms with van der Waals surface area (Å²) in [6.07, 6.45) is -3.03. The summed E-state index contributed by atoms with van der Waals surface area (Å²) in [5.74, 6) is 4.59. The van der Waals surface area contributed by atoms with Gasteiger partial charge < -0.3 is 10.7 Å². The van der Waals surface area contributed by atoms with E-state index in [2.05, 4.69) is 10.4 Å². The summed E-state index contributed by atoms with van der Waals surface area (Å²) in [6.45, 7) is 0. The Morgan fingerprint density at radius 2 is 2.05 bits per heavy atom. The van der Waals surface area contributed by atoms with E-state index in [1.165, 1.54) is 16.8 Å². The van der Waals surface area contributed by atoms with Crippen LogP contribution in [0.15, 0.2) is 30.5 Å². The number of carbonyl (C=O) groups is 1.